The fraction of sp³-hybridized carbons (Fsp3) is 0.706. The molecule has 1 aliphatic carbocycles. The Morgan fingerprint density at radius 3 is 2.60 bits per heavy atom. The molecule has 0 aromatic carbocycles. The standard InChI is InChI=1S/C17H28ClN5OS/c1-5-17(3,4)23-16-21-13(18)12(14(19)25)15(22-16)20-11-6-9(2)10(7-11)8-24/h9-11,24H,5-8H2,1-4H3,(H2,19,25)(H2,20,21,22,23)/t9-,10+,11-/m0/s1. The van der Waals surface area contributed by atoms with Crippen LogP contribution in [0.3, 0.4) is 0 Å². The van der Waals surface area contributed by atoms with E-state index in [1.54, 1.807) is 0 Å². The van der Waals surface area contributed by atoms with Crippen molar-refractivity contribution in [1.82, 2.24) is 9.97 Å². The third kappa shape index (κ3) is 4.99. The number of thiol groups is 1. The first kappa shape index (κ1) is 20.3. The number of aromatic nitrogens is 2. The lowest BCUT2D eigenvalue weighted by atomic mass is 10.00. The van der Waals surface area contributed by atoms with Crippen LogP contribution in [0, 0.1) is 17.2 Å². The molecule has 1 aromatic heterocycles. The maximum atomic E-state index is 9.48. The van der Waals surface area contributed by atoms with Gasteiger partial charge in [-0.1, -0.05) is 25.4 Å². The Morgan fingerprint density at radius 1 is 1.40 bits per heavy atom. The third-order valence-electron chi connectivity index (χ3n) is 5.06. The summed E-state index contributed by atoms with van der Waals surface area (Å²) in [5.74, 6) is 1.67. The molecule has 6 nitrogen and oxygen atoms in total. The van der Waals surface area contributed by atoms with Crippen molar-refractivity contribution in [2.45, 2.75) is 58.5 Å². The highest BCUT2D eigenvalue weighted by atomic mass is 35.5. The number of nitrogens with zero attached hydrogens (tertiary/aromatic N) is 2. The highest BCUT2D eigenvalue weighted by Crippen LogP contribution is 2.34. The number of rotatable bonds is 7. The Hall–Kier alpha value is -1.05. The summed E-state index contributed by atoms with van der Waals surface area (Å²) in [6, 6.07) is 0.177. The van der Waals surface area contributed by atoms with E-state index in [2.05, 4.69) is 60.9 Å². The molecule has 0 saturated heterocycles. The maximum Gasteiger partial charge on any atom is 0.226 e. The number of halogens is 1. The Kier molecular flexibility index (Phi) is 6.56. The summed E-state index contributed by atoms with van der Waals surface area (Å²) in [7, 11) is 0. The molecule has 1 fully saturated rings. The largest absolute Gasteiger partial charge is 0.396 e. The Labute approximate surface area is 160 Å². The maximum absolute atomic E-state index is 9.48. The van der Waals surface area contributed by atoms with Gasteiger partial charge in [0.05, 0.1) is 10.6 Å². The molecule has 0 bridgehead atoms. The van der Waals surface area contributed by atoms with Gasteiger partial charge in [0.2, 0.25) is 5.95 Å². The molecule has 1 aliphatic rings. The molecular weight excluding hydrogens is 358 g/mol. The lowest BCUT2D eigenvalue weighted by Gasteiger charge is -2.25. The van der Waals surface area contributed by atoms with Crippen molar-refractivity contribution in [3.05, 3.63) is 10.7 Å². The topological polar surface area (TPSA) is 93.9 Å². The molecule has 0 amide bonds. The van der Waals surface area contributed by atoms with Gasteiger partial charge in [-0.25, -0.2) is 4.98 Å². The Bertz CT molecular complexity index is 640. The first-order valence-corrected chi connectivity index (χ1v) is 9.50. The average molecular weight is 386 g/mol. The molecule has 2 rings (SSSR count). The zero-order chi connectivity index (χ0) is 18.8. The van der Waals surface area contributed by atoms with E-state index in [-0.39, 0.29) is 34.3 Å². The number of anilines is 2. The zero-order valence-corrected chi connectivity index (χ0v) is 16.9. The van der Waals surface area contributed by atoms with Gasteiger partial charge in [0.15, 0.2) is 0 Å². The van der Waals surface area contributed by atoms with E-state index >= 15 is 0 Å². The van der Waals surface area contributed by atoms with Crippen LogP contribution in [-0.2, 0) is 0 Å². The second kappa shape index (κ2) is 8.10. The monoisotopic (exact) mass is 385 g/mol. The van der Waals surface area contributed by atoms with Crippen molar-refractivity contribution < 1.29 is 5.11 Å². The Balaban J connectivity index is 2.31. The molecular formula is C17H28ClN5OS. The van der Waals surface area contributed by atoms with Crippen LogP contribution in [0.15, 0.2) is 0 Å². The summed E-state index contributed by atoms with van der Waals surface area (Å²) in [6.45, 7) is 8.55. The van der Waals surface area contributed by atoms with Gasteiger partial charge in [-0.15, -0.1) is 12.6 Å². The average Bonchev–Trinajstić information content (AvgIpc) is 2.85. The van der Waals surface area contributed by atoms with Crippen molar-refractivity contribution in [2.75, 3.05) is 17.2 Å². The van der Waals surface area contributed by atoms with Crippen LogP contribution in [0.1, 0.15) is 52.5 Å². The number of aliphatic hydroxyl groups is 1. The SMILES string of the molecule is CCC(C)(C)Nc1nc(Cl)c(C(=N)S)c(N[C@@H]2C[C@H](CO)[C@@H](C)C2)n1. The van der Waals surface area contributed by atoms with Gasteiger partial charge >= 0.3 is 0 Å². The summed E-state index contributed by atoms with van der Waals surface area (Å²) >= 11 is 10.4. The van der Waals surface area contributed by atoms with Gasteiger partial charge < -0.3 is 15.7 Å². The lowest BCUT2D eigenvalue weighted by molar-refractivity contribution is 0.201. The molecule has 0 unspecified atom stereocenters. The van der Waals surface area contributed by atoms with Gasteiger partial charge in [0.25, 0.3) is 0 Å². The zero-order valence-electron chi connectivity index (χ0n) is 15.2. The molecule has 1 saturated carbocycles. The minimum Gasteiger partial charge on any atom is -0.396 e. The van der Waals surface area contributed by atoms with Gasteiger partial charge in [-0.3, -0.25) is 5.41 Å². The molecule has 3 atom stereocenters. The quantitative estimate of drug-likeness (QED) is 0.213. The van der Waals surface area contributed by atoms with Crippen molar-refractivity contribution in [2.24, 2.45) is 11.8 Å². The lowest BCUT2D eigenvalue weighted by Crippen LogP contribution is -2.31. The fourth-order valence-electron chi connectivity index (χ4n) is 3.10. The van der Waals surface area contributed by atoms with Crippen molar-refractivity contribution >= 4 is 41.0 Å². The van der Waals surface area contributed by atoms with Crippen LogP contribution < -0.4 is 10.6 Å². The molecule has 140 valence electrons. The van der Waals surface area contributed by atoms with Crippen LogP contribution in [0.25, 0.3) is 0 Å². The van der Waals surface area contributed by atoms with E-state index in [1.807, 2.05) is 0 Å². The highest BCUT2D eigenvalue weighted by Gasteiger charge is 2.32. The van der Waals surface area contributed by atoms with E-state index in [0.717, 1.165) is 19.3 Å². The Morgan fingerprint density at radius 2 is 2.08 bits per heavy atom. The molecule has 0 radical (unpaired) electrons. The van der Waals surface area contributed by atoms with Gasteiger partial charge in [-0.05, 0) is 44.9 Å². The van der Waals surface area contributed by atoms with Crippen molar-refractivity contribution in [1.29, 1.82) is 5.41 Å². The minimum absolute atomic E-state index is 0.0264. The van der Waals surface area contributed by atoms with E-state index in [0.29, 0.717) is 23.2 Å². The number of aliphatic hydroxyl groups excluding tert-OH is 1. The van der Waals surface area contributed by atoms with Gasteiger partial charge in [0, 0.05) is 18.2 Å². The summed E-state index contributed by atoms with van der Waals surface area (Å²) in [6.07, 6.45) is 2.70. The van der Waals surface area contributed by atoms with E-state index < -0.39 is 0 Å². The van der Waals surface area contributed by atoms with E-state index in [9.17, 15) is 5.11 Å². The molecule has 25 heavy (non-hydrogen) atoms. The third-order valence-corrected chi connectivity index (χ3v) is 5.56. The normalized spacial score (nSPS) is 23.6. The van der Waals surface area contributed by atoms with Gasteiger partial charge in [-0.2, -0.15) is 4.98 Å². The number of nitrogens with one attached hydrogen (secondary N) is 3. The number of hydrogen-bond acceptors (Lipinski definition) is 6. The van der Waals surface area contributed by atoms with Crippen LogP contribution >= 0.6 is 24.2 Å². The predicted octanol–water partition coefficient (Wildman–Crippen LogP) is 3.80. The summed E-state index contributed by atoms with van der Waals surface area (Å²) in [5.41, 5.74) is 0.241. The van der Waals surface area contributed by atoms with Crippen LogP contribution in [0.5, 0.6) is 0 Å². The van der Waals surface area contributed by atoms with Crippen LogP contribution in [0.4, 0.5) is 11.8 Å². The van der Waals surface area contributed by atoms with Crippen LogP contribution in [0.2, 0.25) is 5.15 Å². The summed E-state index contributed by atoms with van der Waals surface area (Å²) < 4.78 is 0. The molecule has 1 heterocycles. The predicted molar refractivity (Wildman–Crippen MR) is 107 cm³/mol. The summed E-state index contributed by atoms with van der Waals surface area (Å²) in [5, 5.41) is 24.3. The first-order valence-electron chi connectivity index (χ1n) is 8.67. The molecule has 1 aromatic rings. The summed E-state index contributed by atoms with van der Waals surface area (Å²) in [4.78, 5) is 8.84. The highest BCUT2D eigenvalue weighted by molar-refractivity contribution is 7.97. The molecule has 0 spiro atoms. The van der Waals surface area contributed by atoms with Crippen molar-refractivity contribution in [3.8, 4) is 0 Å². The fourth-order valence-corrected chi connectivity index (χ4v) is 3.64. The smallest absolute Gasteiger partial charge is 0.226 e. The first-order chi connectivity index (χ1) is 11.7. The minimum atomic E-state index is -0.166. The van der Waals surface area contributed by atoms with E-state index in [4.69, 9.17) is 17.0 Å². The second-order valence-corrected chi connectivity index (χ2v) is 8.31. The molecule has 0 aliphatic heterocycles. The molecule has 8 heteroatoms. The van der Waals surface area contributed by atoms with Crippen LogP contribution in [-0.4, -0.2) is 38.3 Å². The van der Waals surface area contributed by atoms with E-state index in [1.165, 1.54) is 0 Å². The van der Waals surface area contributed by atoms with Crippen molar-refractivity contribution in [3.63, 3.8) is 0 Å². The second-order valence-electron chi connectivity index (χ2n) is 7.51. The van der Waals surface area contributed by atoms with Gasteiger partial charge in [0.1, 0.15) is 11.0 Å². The number of hydrogen-bond donors (Lipinski definition) is 5. The molecule has 4 N–H and O–H groups in total.